The highest BCUT2D eigenvalue weighted by Gasteiger charge is 2.16. The van der Waals surface area contributed by atoms with Gasteiger partial charge in [0, 0.05) is 0 Å². The summed E-state index contributed by atoms with van der Waals surface area (Å²) in [5, 5.41) is 9.59. The second-order valence-corrected chi connectivity index (χ2v) is 6.90. The Balaban J connectivity index is 3.11. The molecule has 1 heteroatoms. The van der Waals surface area contributed by atoms with Gasteiger partial charge in [0.05, 0.1) is 12.0 Å². The van der Waals surface area contributed by atoms with Crippen molar-refractivity contribution in [3.05, 3.63) is 46.6 Å². The van der Waals surface area contributed by atoms with Crippen molar-refractivity contribution in [1.82, 2.24) is 0 Å². The van der Waals surface area contributed by atoms with E-state index in [1.54, 1.807) is 0 Å². The van der Waals surface area contributed by atoms with Crippen LogP contribution in [-0.2, 0) is 0 Å². The zero-order valence-electron chi connectivity index (χ0n) is 14.9. The van der Waals surface area contributed by atoms with E-state index >= 15 is 0 Å². The van der Waals surface area contributed by atoms with E-state index in [1.165, 1.54) is 22.3 Å². The van der Waals surface area contributed by atoms with Crippen molar-refractivity contribution in [1.29, 1.82) is 5.26 Å². The lowest BCUT2D eigenvalue weighted by Crippen LogP contribution is -2.08. The van der Waals surface area contributed by atoms with Crippen molar-refractivity contribution < 1.29 is 0 Å². The van der Waals surface area contributed by atoms with Crippen LogP contribution in [0.15, 0.2) is 46.6 Å². The SMILES string of the molecule is C/C1=C/C=C(\C(C)C)C(C#N)C/C(C)=C\CC/C(C)=C\CC1. The Morgan fingerprint density at radius 2 is 1.55 bits per heavy atom. The van der Waals surface area contributed by atoms with Crippen molar-refractivity contribution >= 4 is 0 Å². The molecule has 1 aliphatic rings. The number of rotatable bonds is 1. The first-order chi connectivity index (χ1) is 10.4. The number of hydrogen-bond donors (Lipinski definition) is 0. The maximum absolute atomic E-state index is 9.59. The van der Waals surface area contributed by atoms with Gasteiger partial charge < -0.3 is 0 Å². The Kier molecular flexibility index (Phi) is 7.96. The Morgan fingerprint density at radius 3 is 2.14 bits per heavy atom. The summed E-state index contributed by atoms with van der Waals surface area (Å²) in [7, 11) is 0. The molecular formula is C21H31N. The Morgan fingerprint density at radius 1 is 0.955 bits per heavy atom. The fourth-order valence-corrected chi connectivity index (χ4v) is 2.87. The number of allylic oxidation sites excluding steroid dienone is 8. The van der Waals surface area contributed by atoms with Gasteiger partial charge in [0.15, 0.2) is 0 Å². The lowest BCUT2D eigenvalue weighted by atomic mass is 9.85. The summed E-state index contributed by atoms with van der Waals surface area (Å²) in [6.07, 6.45) is 14.4. The summed E-state index contributed by atoms with van der Waals surface area (Å²) in [5.41, 5.74) is 5.47. The van der Waals surface area contributed by atoms with Crippen LogP contribution in [0.1, 0.15) is 66.7 Å². The van der Waals surface area contributed by atoms with Gasteiger partial charge in [0.1, 0.15) is 0 Å². The highest BCUT2D eigenvalue weighted by Crippen LogP contribution is 2.27. The Bertz CT molecular complexity index is 521. The summed E-state index contributed by atoms with van der Waals surface area (Å²) in [5.74, 6) is 0.413. The predicted octanol–water partition coefficient (Wildman–Crippen LogP) is 6.51. The molecule has 0 amide bonds. The maximum atomic E-state index is 9.59. The van der Waals surface area contributed by atoms with Crippen LogP contribution in [0.4, 0.5) is 0 Å². The molecule has 0 saturated heterocycles. The Labute approximate surface area is 137 Å². The van der Waals surface area contributed by atoms with Gasteiger partial charge >= 0.3 is 0 Å². The lowest BCUT2D eigenvalue weighted by molar-refractivity contribution is 0.629. The molecule has 0 aromatic carbocycles. The van der Waals surface area contributed by atoms with E-state index in [-0.39, 0.29) is 5.92 Å². The van der Waals surface area contributed by atoms with E-state index in [4.69, 9.17) is 0 Å². The van der Waals surface area contributed by atoms with Crippen LogP contribution in [0.5, 0.6) is 0 Å². The van der Waals surface area contributed by atoms with Gasteiger partial charge in [0.25, 0.3) is 0 Å². The Hall–Kier alpha value is -1.55. The molecule has 0 heterocycles. The maximum Gasteiger partial charge on any atom is 0.0715 e. The van der Waals surface area contributed by atoms with Crippen LogP contribution in [-0.4, -0.2) is 0 Å². The molecule has 0 aromatic heterocycles. The summed E-state index contributed by atoms with van der Waals surface area (Å²) >= 11 is 0. The molecule has 1 unspecified atom stereocenters. The standard InChI is InChI=1S/C21H31N/c1-16(2)21-13-12-18(4)10-6-8-17(3)9-7-11-19(5)14-20(21)15-22/h8,11-13,16,20H,6-7,9-10,14H2,1-5H3/b17-8-,18-12-,19-11-,21-13+. The van der Waals surface area contributed by atoms with Crippen molar-refractivity contribution in [2.75, 3.05) is 0 Å². The molecule has 0 spiro atoms. The van der Waals surface area contributed by atoms with E-state index in [2.05, 4.69) is 65.0 Å². The summed E-state index contributed by atoms with van der Waals surface area (Å²) in [6.45, 7) is 11.0. The second kappa shape index (κ2) is 9.46. The third-order valence-electron chi connectivity index (χ3n) is 4.37. The molecule has 0 aromatic rings. The lowest BCUT2D eigenvalue weighted by Gasteiger charge is -2.18. The average molecular weight is 297 g/mol. The average Bonchev–Trinajstić information content (AvgIpc) is 2.45. The minimum Gasteiger partial charge on any atom is -0.198 e. The van der Waals surface area contributed by atoms with Crippen LogP contribution in [0.3, 0.4) is 0 Å². The van der Waals surface area contributed by atoms with Crippen LogP contribution in [0.2, 0.25) is 0 Å². The van der Waals surface area contributed by atoms with Gasteiger partial charge in [-0.3, -0.25) is 0 Å². The van der Waals surface area contributed by atoms with Crippen molar-refractivity contribution in [3.63, 3.8) is 0 Å². The topological polar surface area (TPSA) is 23.8 Å². The molecule has 1 nitrogen and oxygen atoms in total. The second-order valence-electron chi connectivity index (χ2n) is 6.90. The molecular weight excluding hydrogens is 266 g/mol. The zero-order chi connectivity index (χ0) is 16.5. The largest absolute Gasteiger partial charge is 0.198 e. The summed E-state index contributed by atoms with van der Waals surface area (Å²) < 4.78 is 0. The zero-order valence-corrected chi connectivity index (χ0v) is 14.9. The van der Waals surface area contributed by atoms with Gasteiger partial charge in [-0.1, -0.05) is 60.4 Å². The molecule has 0 bridgehead atoms. The van der Waals surface area contributed by atoms with Crippen molar-refractivity contribution in [2.45, 2.75) is 66.7 Å². The van der Waals surface area contributed by atoms with Gasteiger partial charge in [0.2, 0.25) is 0 Å². The highest BCUT2D eigenvalue weighted by molar-refractivity contribution is 5.26. The first-order valence-corrected chi connectivity index (χ1v) is 8.52. The molecule has 0 fully saturated rings. The number of hydrogen-bond acceptors (Lipinski definition) is 1. The monoisotopic (exact) mass is 297 g/mol. The summed E-state index contributed by atoms with van der Waals surface area (Å²) in [6, 6.07) is 2.52. The molecule has 1 aliphatic carbocycles. The van der Waals surface area contributed by atoms with E-state index < -0.39 is 0 Å². The number of nitriles is 1. The van der Waals surface area contributed by atoms with Crippen molar-refractivity contribution in [2.24, 2.45) is 11.8 Å². The van der Waals surface area contributed by atoms with E-state index in [0.29, 0.717) is 5.92 Å². The van der Waals surface area contributed by atoms with E-state index in [0.717, 1.165) is 32.1 Å². The number of nitrogens with zero attached hydrogens (tertiary/aromatic N) is 1. The van der Waals surface area contributed by atoms with E-state index in [1.807, 2.05) is 0 Å². The van der Waals surface area contributed by atoms with Crippen LogP contribution in [0, 0.1) is 23.2 Å². The highest BCUT2D eigenvalue weighted by atomic mass is 14.3. The van der Waals surface area contributed by atoms with Crippen LogP contribution in [0.25, 0.3) is 0 Å². The quantitative estimate of drug-likeness (QED) is 0.506. The third-order valence-corrected chi connectivity index (χ3v) is 4.37. The smallest absolute Gasteiger partial charge is 0.0715 e. The van der Waals surface area contributed by atoms with E-state index in [9.17, 15) is 5.26 Å². The molecule has 0 radical (unpaired) electrons. The first-order valence-electron chi connectivity index (χ1n) is 8.52. The molecule has 0 saturated carbocycles. The van der Waals surface area contributed by atoms with Gasteiger partial charge in [-0.05, 0) is 58.8 Å². The predicted molar refractivity (Wildman–Crippen MR) is 96.4 cm³/mol. The van der Waals surface area contributed by atoms with Crippen LogP contribution < -0.4 is 0 Å². The third kappa shape index (κ3) is 6.48. The van der Waals surface area contributed by atoms with Gasteiger partial charge in [-0.25, -0.2) is 0 Å². The first kappa shape index (κ1) is 18.5. The van der Waals surface area contributed by atoms with Gasteiger partial charge in [-0.15, -0.1) is 0 Å². The van der Waals surface area contributed by atoms with Gasteiger partial charge in [-0.2, -0.15) is 5.26 Å². The fourth-order valence-electron chi connectivity index (χ4n) is 2.87. The van der Waals surface area contributed by atoms with Crippen LogP contribution >= 0.6 is 0 Å². The minimum absolute atomic E-state index is 0.000111. The molecule has 22 heavy (non-hydrogen) atoms. The van der Waals surface area contributed by atoms with Crippen molar-refractivity contribution in [3.8, 4) is 6.07 Å². The molecule has 1 rings (SSSR count). The molecule has 0 aliphatic heterocycles. The fraction of sp³-hybridized carbons (Fsp3) is 0.571. The summed E-state index contributed by atoms with van der Waals surface area (Å²) in [4.78, 5) is 0. The minimum atomic E-state index is -0.000111. The molecule has 0 N–H and O–H groups in total. The molecule has 1 atom stereocenters. The molecule has 120 valence electrons. The normalized spacial score (nSPS) is 31.4.